The largest absolute Gasteiger partial charge is 0.573 e. The van der Waals surface area contributed by atoms with Crippen molar-refractivity contribution in [2.75, 3.05) is 7.11 Å². The summed E-state index contributed by atoms with van der Waals surface area (Å²) in [4.78, 5) is 15.8. The van der Waals surface area contributed by atoms with E-state index >= 15 is 0 Å². The Kier molecular flexibility index (Phi) is 4.42. The first-order chi connectivity index (χ1) is 11.7. The van der Waals surface area contributed by atoms with Crippen molar-refractivity contribution in [3.05, 3.63) is 40.3 Å². The van der Waals surface area contributed by atoms with Gasteiger partial charge in [0.1, 0.15) is 17.3 Å². The van der Waals surface area contributed by atoms with E-state index in [1.54, 1.807) is 6.92 Å². The lowest BCUT2D eigenvalue weighted by Crippen LogP contribution is -2.17. The van der Waals surface area contributed by atoms with Gasteiger partial charge in [-0.25, -0.2) is 9.97 Å². The smallest absolute Gasteiger partial charge is 0.480 e. The van der Waals surface area contributed by atoms with Gasteiger partial charge in [-0.3, -0.25) is 0 Å². The van der Waals surface area contributed by atoms with Crippen LogP contribution in [-0.4, -0.2) is 33.4 Å². The van der Waals surface area contributed by atoms with Gasteiger partial charge in [-0.1, -0.05) is 17.7 Å². The summed E-state index contributed by atoms with van der Waals surface area (Å²) in [5.41, 5.74) is 1.93. The molecule has 0 atom stereocenters. The number of H-pyrrole nitrogens is 1. The molecule has 0 bridgehead atoms. The number of benzene rings is 1. The quantitative estimate of drug-likeness (QED) is 0.753. The van der Waals surface area contributed by atoms with E-state index in [0.29, 0.717) is 28.4 Å². The predicted octanol–water partition coefficient (Wildman–Crippen LogP) is 3.81. The van der Waals surface area contributed by atoms with Crippen molar-refractivity contribution in [3.8, 4) is 11.6 Å². The number of alkyl halides is 3. The number of halogens is 4. The number of aromatic nitrogens is 4. The van der Waals surface area contributed by atoms with Gasteiger partial charge in [0.2, 0.25) is 11.5 Å². The third-order valence-corrected chi connectivity index (χ3v) is 3.65. The van der Waals surface area contributed by atoms with E-state index in [1.165, 1.54) is 19.2 Å². The third-order valence-electron chi connectivity index (χ3n) is 3.30. The molecule has 10 heteroatoms. The van der Waals surface area contributed by atoms with Gasteiger partial charge in [0, 0.05) is 11.4 Å². The summed E-state index contributed by atoms with van der Waals surface area (Å²) in [5.74, 6) is 0.533. The van der Waals surface area contributed by atoms with Crippen LogP contribution in [0.15, 0.2) is 18.2 Å². The van der Waals surface area contributed by atoms with E-state index in [1.807, 2.05) is 0 Å². The minimum atomic E-state index is -4.77. The molecule has 0 unspecified atom stereocenters. The number of hydrogen-bond acceptors (Lipinski definition) is 5. The molecule has 132 valence electrons. The molecule has 0 amide bonds. The van der Waals surface area contributed by atoms with Crippen LogP contribution in [0.1, 0.15) is 17.1 Å². The first kappa shape index (κ1) is 17.3. The highest BCUT2D eigenvalue weighted by molar-refractivity contribution is 6.31. The number of ether oxygens (including phenoxy) is 2. The third kappa shape index (κ3) is 3.93. The van der Waals surface area contributed by atoms with Gasteiger partial charge in [0.25, 0.3) is 0 Å². The molecule has 6 nitrogen and oxygen atoms in total. The Hall–Kier alpha value is -2.55. The van der Waals surface area contributed by atoms with Crippen LogP contribution in [0, 0.1) is 6.92 Å². The van der Waals surface area contributed by atoms with Crippen molar-refractivity contribution in [2.45, 2.75) is 19.7 Å². The van der Waals surface area contributed by atoms with Crippen LogP contribution in [0.25, 0.3) is 11.3 Å². The second-order valence-corrected chi connectivity index (χ2v) is 5.56. The standard InChI is InChI=1S/C15H12ClF3N4O2/c1-7-20-12-13(21-7)23-14(24-2)11(22-12)5-8-3-4-9(6-10(8)16)25-15(17,18)19/h3-4,6H,5H2,1-2H3,(H,20,21,22,23). The van der Waals surface area contributed by atoms with Crippen molar-refractivity contribution in [3.63, 3.8) is 0 Å². The number of imidazole rings is 1. The summed E-state index contributed by atoms with van der Waals surface area (Å²) in [6.07, 6.45) is -4.56. The summed E-state index contributed by atoms with van der Waals surface area (Å²) >= 11 is 6.07. The number of aryl methyl sites for hydroxylation is 1. The molecule has 3 aromatic rings. The number of hydrogen-bond donors (Lipinski definition) is 1. The molecule has 0 aliphatic heterocycles. The molecular weight excluding hydrogens is 361 g/mol. The zero-order valence-electron chi connectivity index (χ0n) is 13.1. The van der Waals surface area contributed by atoms with Gasteiger partial charge in [-0.2, -0.15) is 4.98 Å². The molecule has 0 saturated carbocycles. The van der Waals surface area contributed by atoms with Crippen molar-refractivity contribution >= 4 is 22.9 Å². The molecule has 0 spiro atoms. The fourth-order valence-corrected chi connectivity index (χ4v) is 2.53. The number of fused-ring (bicyclic) bond motifs is 1. The maximum Gasteiger partial charge on any atom is 0.573 e. The number of nitrogens with zero attached hydrogens (tertiary/aromatic N) is 3. The second kappa shape index (κ2) is 6.40. The van der Waals surface area contributed by atoms with Crippen LogP contribution in [-0.2, 0) is 6.42 Å². The Bertz CT molecular complexity index is 927. The van der Waals surface area contributed by atoms with E-state index in [2.05, 4.69) is 24.7 Å². The summed E-state index contributed by atoms with van der Waals surface area (Å²) < 4.78 is 45.8. The van der Waals surface area contributed by atoms with E-state index in [4.69, 9.17) is 16.3 Å². The SMILES string of the molecule is COc1nc2nc(C)[nH]c2nc1Cc1ccc(OC(F)(F)F)cc1Cl. The fourth-order valence-electron chi connectivity index (χ4n) is 2.29. The summed E-state index contributed by atoms with van der Waals surface area (Å²) in [7, 11) is 1.45. The molecule has 0 radical (unpaired) electrons. The van der Waals surface area contributed by atoms with E-state index < -0.39 is 6.36 Å². The first-order valence-corrected chi connectivity index (χ1v) is 7.44. The predicted molar refractivity (Wildman–Crippen MR) is 83.9 cm³/mol. The lowest BCUT2D eigenvalue weighted by atomic mass is 10.1. The lowest BCUT2D eigenvalue weighted by molar-refractivity contribution is -0.274. The van der Waals surface area contributed by atoms with Gasteiger partial charge in [0.15, 0.2) is 5.65 Å². The van der Waals surface area contributed by atoms with Gasteiger partial charge < -0.3 is 14.5 Å². The van der Waals surface area contributed by atoms with E-state index in [0.717, 1.165) is 6.07 Å². The average Bonchev–Trinajstić information content (AvgIpc) is 2.86. The minimum absolute atomic E-state index is 0.117. The topological polar surface area (TPSA) is 72.9 Å². The molecule has 3 rings (SSSR count). The minimum Gasteiger partial charge on any atom is -0.480 e. The highest BCUT2D eigenvalue weighted by Gasteiger charge is 2.31. The van der Waals surface area contributed by atoms with Crippen molar-refractivity contribution in [1.82, 2.24) is 19.9 Å². The van der Waals surface area contributed by atoms with Crippen LogP contribution >= 0.6 is 11.6 Å². The summed E-state index contributed by atoms with van der Waals surface area (Å²) in [6.45, 7) is 1.77. The maximum absolute atomic E-state index is 12.3. The fraction of sp³-hybridized carbons (Fsp3) is 0.267. The van der Waals surface area contributed by atoms with Gasteiger partial charge >= 0.3 is 6.36 Å². The van der Waals surface area contributed by atoms with Crippen molar-refractivity contribution in [2.24, 2.45) is 0 Å². The molecule has 2 aromatic heterocycles. The number of rotatable bonds is 4. The Labute approximate surface area is 145 Å². The van der Waals surface area contributed by atoms with E-state index in [-0.39, 0.29) is 23.1 Å². The molecule has 0 fully saturated rings. The molecule has 0 saturated heterocycles. The van der Waals surface area contributed by atoms with Crippen LogP contribution in [0.2, 0.25) is 5.02 Å². The van der Waals surface area contributed by atoms with Crippen LogP contribution < -0.4 is 9.47 Å². The first-order valence-electron chi connectivity index (χ1n) is 7.06. The zero-order valence-corrected chi connectivity index (χ0v) is 13.9. The Morgan fingerprint density at radius 2 is 1.96 bits per heavy atom. The Morgan fingerprint density at radius 1 is 1.20 bits per heavy atom. The van der Waals surface area contributed by atoms with Gasteiger partial charge in [0.05, 0.1) is 7.11 Å². The van der Waals surface area contributed by atoms with Crippen LogP contribution in [0.4, 0.5) is 13.2 Å². The molecule has 0 aliphatic rings. The maximum atomic E-state index is 12.3. The van der Waals surface area contributed by atoms with Crippen LogP contribution in [0.5, 0.6) is 11.6 Å². The molecule has 2 heterocycles. The Morgan fingerprint density at radius 3 is 2.60 bits per heavy atom. The second-order valence-electron chi connectivity index (χ2n) is 5.15. The average molecular weight is 373 g/mol. The molecule has 1 aromatic carbocycles. The highest BCUT2D eigenvalue weighted by atomic mass is 35.5. The Balaban J connectivity index is 1.92. The summed E-state index contributed by atoms with van der Waals surface area (Å²) in [6, 6.07) is 3.73. The number of nitrogens with one attached hydrogen (secondary N) is 1. The molecule has 25 heavy (non-hydrogen) atoms. The molecule has 0 aliphatic carbocycles. The van der Waals surface area contributed by atoms with Crippen molar-refractivity contribution < 1.29 is 22.6 Å². The van der Waals surface area contributed by atoms with Crippen molar-refractivity contribution in [1.29, 1.82) is 0 Å². The zero-order chi connectivity index (χ0) is 18.2. The van der Waals surface area contributed by atoms with Crippen LogP contribution in [0.3, 0.4) is 0 Å². The highest BCUT2D eigenvalue weighted by Crippen LogP contribution is 2.30. The number of methoxy groups -OCH3 is 1. The monoisotopic (exact) mass is 372 g/mol. The van der Waals surface area contributed by atoms with Gasteiger partial charge in [-0.05, 0) is 24.6 Å². The summed E-state index contributed by atoms with van der Waals surface area (Å²) in [5, 5.41) is 0.117. The van der Waals surface area contributed by atoms with Gasteiger partial charge in [-0.15, -0.1) is 13.2 Å². The number of aromatic amines is 1. The normalized spacial score (nSPS) is 11.8. The lowest BCUT2D eigenvalue weighted by Gasteiger charge is -2.11. The molecular formula is C15H12ClF3N4O2. The van der Waals surface area contributed by atoms with E-state index in [9.17, 15) is 13.2 Å². The molecule has 1 N–H and O–H groups in total.